The standard InChI is InChI=1S/C16H17ClN4/c1-21-6-4-13(5-7-21)19-16-8-11(10-18)14-9-12(17)2-3-15(14)20-16/h2-3,8-9,13H,4-7H2,1H3,(H,19,20). The lowest BCUT2D eigenvalue weighted by atomic mass is 10.1. The van der Waals surface area contributed by atoms with Crippen molar-refractivity contribution in [3.05, 3.63) is 34.9 Å². The van der Waals surface area contributed by atoms with Crippen molar-refractivity contribution < 1.29 is 0 Å². The first kappa shape index (κ1) is 14.1. The number of anilines is 1. The largest absolute Gasteiger partial charge is 0.367 e. The van der Waals surface area contributed by atoms with Crippen LogP contribution in [0.2, 0.25) is 5.02 Å². The minimum absolute atomic E-state index is 0.421. The van der Waals surface area contributed by atoms with Crippen LogP contribution in [0.25, 0.3) is 10.9 Å². The summed E-state index contributed by atoms with van der Waals surface area (Å²) in [5.74, 6) is 0.774. The molecule has 0 aliphatic carbocycles. The van der Waals surface area contributed by atoms with Crippen molar-refractivity contribution in [2.75, 3.05) is 25.5 Å². The highest BCUT2D eigenvalue weighted by molar-refractivity contribution is 6.31. The van der Waals surface area contributed by atoms with Crippen LogP contribution in [0, 0.1) is 11.3 Å². The Balaban J connectivity index is 1.89. The molecule has 1 aromatic heterocycles. The second-order valence-electron chi connectivity index (χ2n) is 5.55. The molecule has 1 aliphatic heterocycles. The number of likely N-dealkylation sites (tertiary alicyclic amines) is 1. The van der Waals surface area contributed by atoms with Crippen molar-refractivity contribution >= 4 is 28.3 Å². The highest BCUT2D eigenvalue weighted by atomic mass is 35.5. The fourth-order valence-electron chi connectivity index (χ4n) is 2.73. The van der Waals surface area contributed by atoms with E-state index in [1.807, 2.05) is 12.1 Å². The van der Waals surface area contributed by atoms with Crippen LogP contribution in [-0.4, -0.2) is 36.1 Å². The average molecular weight is 301 g/mol. The van der Waals surface area contributed by atoms with Crippen LogP contribution in [0.5, 0.6) is 0 Å². The van der Waals surface area contributed by atoms with Crippen LogP contribution in [0.4, 0.5) is 5.82 Å². The summed E-state index contributed by atoms with van der Waals surface area (Å²) >= 11 is 6.00. The molecule has 2 aromatic rings. The summed E-state index contributed by atoms with van der Waals surface area (Å²) in [5, 5.41) is 14.2. The van der Waals surface area contributed by atoms with E-state index in [0.717, 1.165) is 42.7 Å². The molecule has 1 saturated heterocycles. The van der Waals surface area contributed by atoms with Gasteiger partial charge in [-0.25, -0.2) is 4.98 Å². The number of hydrogen-bond acceptors (Lipinski definition) is 4. The number of nitrogens with zero attached hydrogens (tertiary/aromatic N) is 3. The second-order valence-corrected chi connectivity index (χ2v) is 5.99. The molecule has 4 nitrogen and oxygen atoms in total. The maximum Gasteiger partial charge on any atom is 0.128 e. The number of piperidine rings is 1. The van der Waals surface area contributed by atoms with Gasteiger partial charge in [0.05, 0.1) is 17.1 Å². The third kappa shape index (κ3) is 3.10. The van der Waals surface area contributed by atoms with Crippen molar-refractivity contribution in [1.29, 1.82) is 5.26 Å². The number of aromatic nitrogens is 1. The van der Waals surface area contributed by atoms with E-state index in [1.54, 1.807) is 12.1 Å². The van der Waals surface area contributed by atoms with Crippen LogP contribution in [0.15, 0.2) is 24.3 Å². The minimum Gasteiger partial charge on any atom is -0.367 e. The van der Waals surface area contributed by atoms with Gasteiger partial charge >= 0.3 is 0 Å². The second kappa shape index (κ2) is 5.88. The first-order valence-electron chi connectivity index (χ1n) is 7.11. The normalized spacial score (nSPS) is 16.8. The van der Waals surface area contributed by atoms with Crippen LogP contribution >= 0.6 is 11.6 Å². The number of benzene rings is 1. The zero-order valence-corrected chi connectivity index (χ0v) is 12.7. The van der Waals surface area contributed by atoms with E-state index in [1.165, 1.54) is 0 Å². The quantitative estimate of drug-likeness (QED) is 0.925. The number of pyridine rings is 1. The van der Waals surface area contributed by atoms with Crippen molar-refractivity contribution in [3.63, 3.8) is 0 Å². The van der Waals surface area contributed by atoms with Gasteiger partial charge in [-0.3, -0.25) is 0 Å². The molecule has 0 radical (unpaired) electrons. The molecule has 0 saturated carbocycles. The maximum absolute atomic E-state index is 9.34. The topological polar surface area (TPSA) is 52.0 Å². The smallest absolute Gasteiger partial charge is 0.128 e. The van der Waals surface area contributed by atoms with Crippen LogP contribution in [-0.2, 0) is 0 Å². The lowest BCUT2D eigenvalue weighted by Gasteiger charge is -2.29. The van der Waals surface area contributed by atoms with Gasteiger partial charge in [-0.1, -0.05) is 11.6 Å². The molecule has 1 N–H and O–H groups in total. The van der Waals surface area contributed by atoms with Gasteiger partial charge < -0.3 is 10.2 Å². The van der Waals surface area contributed by atoms with Gasteiger partial charge in [0.2, 0.25) is 0 Å². The summed E-state index contributed by atoms with van der Waals surface area (Å²) in [4.78, 5) is 6.93. The molecule has 0 unspecified atom stereocenters. The summed E-state index contributed by atoms with van der Waals surface area (Å²) in [6.07, 6.45) is 2.19. The number of halogens is 1. The zero-order valence-electron chi connectivity index (χ0n) is 11.9. The van der Waals surface area contributed by atoms with E-state index in [2.05, 4.69) is 28.3 Å². The summed E-state index contributed by atoms with van der Waals surface area (Å²) in [6.45, 7) is 2.18. The van der Waals surface area contributed by atoms with Gasteiger partial charge in [0.25, 0.3) is 0 Å². The summed E-state index contributed by atoms with van der Waals surface area (Å²) in [7, 11) is 2.14. The highest BCUT2D eigenvalue weighted by Crippen LogP contribution is 2.25. The summed E-state index contributed by atoms with van der Waals surface area (Å²) in [6, 6.07) is 9.93. The van der Waals surface area contributed by atoms with Crippen LogP contribution in [0.1, 0.15) is 18.4 Å². The Morgan fingerprint density at radius 1 is 1.33 bits per heavy atom. The summed E-state index contributed by atoms with van der Waals surface area (Å²) < 4.78 is 0. The molecule has 5 heteroatoms. The Morgan fingerprint density at radius 2 is 2.10 bits per heavy atom. The molecule has 2 heterocycles. The SMILES string of the molecule is CN1CCC(Nc2cc(C#N)c3cc(Cl)ccc3n2)CC1. The molecule has 3 rings (SSSR count). The number of nitrogens with one attached hydrogen (secondary N) is 1. The monoisotopic (exact) mass is 300 g/mol. The molecule has 1 aliphatic rings. The minimum atomic E-state index is 0.421. The number of rotatable bonds is 2. The molecular formula is C16H17ClN4. The first-order chi connectivity index (χ1) is 10.2. The highest BCUT2D eigenvalue weighted by Gasteiger charge is 2.17. The number of fused-ring (bicyclic) bond motifs is 1. The predicted molar refractivity (Wildman–Crippen MR) is 85.6 cm³/mol. The molecule has 0 atom stereocenters. The first-order valence-corrected chi connectivity index (χ1v) is 7.49. The van der Waals surface area contributed by atoms with E-state index in [9.17, 15) is 5.26 Å². The van der Waals surface area contributed by atoms with Crippen LogP contribution in [0.3, 0.4) is 0 Å². The molecular weight excluding hydrogens is 284 g/mol. The van der Waals surface area contributed by atoms with E-state index in [0.29, 0.717) is 16.6 Å². The molecule has 1 fully saturated rings. The van der Waals surface area contributed by atoms with Gasteiger partial charge in [-0.05, 0) is 57.2 Å². The molecule has 21 heavy (non-hydrogen) atoms. The summed E-state index contributed by atoms with van der Waals surface area (Å²) in [5.41, 5.74) is 1.41. The molecule has 0 amide bonds. The van der Waals surface area contributed by atoms with Gasteiger partial charge in [-0.2, -0.15) is 5.26 Å². The van der Waals surface area contributed by atoms with E-state index in [-0.39, 0.29) is 0 Å². The average Bonchev–Trinajstić information content (AvgIpc) is 2.49. The molecule has 0 bridgehead atoms. The van der Waals surface area contributed by atoms with E-state index >= 15 is 0 Å². The van der Waals surface area contributed by atoms with Crippen LogP contribution < -0.4 is 5.32 Å². The number of nitriles is 1. The molecule has 0 spiro atoms. The lowest BCUT2D eigenvalue weighted by molar-refractivity contribution is 0.263. The Labute approximate surface area is 129 Å². The Bertz CT molecular complexity index is 699. The molecule has 108 valence electrons. The lowest BCUT2D eigenvalue weighted by Crippen LogP contribution is -2.36. The van der Waals surface area contributed by atoms with Crippen molar-refractivity contribution in [3.8, 4) is 6.07 Å². The Hall–Kier alpha value is -1.83. The molecule has 1 aromatic carbocycles. The van der Waals surface area contributed by atoms with Gasteiger partial charge in [0, 0.05) is 16.5 Å². The zero-order chi connectivity index (χ0) is 14.8. The predicted octanol–water partition coefficient (Wildman–Crippen LogP) is 3.27. The van der Waals surface area contributed by atoms with Crippen molar-refractivity contribution in [2.24, 2.45) is 0 Å². The third-order valence-electron chi connectivity index (χ3n) is 3.96. The van der Waals surface area contributed by atoms with E-state index < -0.39 is 0 Å². The van der Waals surface area contributed by atoms with Gasteiger partial charge in [-0.15, -0.1) is 0 Å². The fourth-order valence-corrected chi connectivity index (χ4v) is 2.90. The van der Waals surface area contributed by atoms with Gasteiger partial charge in [0.1, 0.15) is 5.82 Å². The maximum atomic E-state index is 9.34. The van der Waals surface area contributed by atoms with Crippen molar-refractivity contribution in [2.45, 2.75) is 18.9 Å². The Morgan fingerprint density at radius 3 is 2.81 bits per heavy atom. The fraction of sp³-hybridized carbons (Fsp3) is 0.375. The third-order valence-corrected chi connectivity index (χ3v) is 4.20. The number of hydrogen-bond donors (Lipinski definition) is 1. The van der Waals surface area contributed by atoms with Crippen molar-refractivity contribution in [1.82, 2.24) is 9.88 Å². The van der Waals surface area contributed by atoms with E-state index in [4.69, 9.17) is 11.6 Å². The Kier molecular flexibility index (Phi) is 3.96. The van der Waals surface area contributed by atoms with Gasteiger partial charge in [0.15, 0.2) is 0 Å².